The number of amides is 1. The maximum absolute atomic E-state index is 11.9. The Balaban J connectivity index is 1.79. The molecule has 0 aliphatic heterocycles. The van der Waals surface area contributed by atoms with Crippen molar-refractivity contribution in [1.82, 2.24) is 5.32 Å². The Kier molecular flexibility index (Phi) is 6.44. The molecule has 0 aromatic heterocycles. The molecule has 126 valence electrons. The van der Waals surface area contributed by atoms with Crippen LogP contribution in [0.5, 0.6) is 5.75 Å². The fraction of sp³-hybridized carbons (Fsp3) is 0.556. The summed E-state index contributed by atoms with van der Waals surface area (Å²) >= 11 is 0. The van der Waals surface area contributed by atoms with Crippen LogP contribution in [0.4, 0.5) is 0 Å². The van der Waals surface area contributed by atoms with E-state index in [1.807, 2.05) is 0 Å². The topological polar surface area (TPSA) is 75.6 Å². The van der Waals surface area contributed by atoms with Crippen LogP contribution in [0.2, 0.25) is 0 Å². The van der Waals surface area contributed by atoms with Crippen molar-refractivity contribution in [3.05, 3.63) is 29.8 Å². The van der Waals surface area contributed by atoms with Gasteiger partial charge in [-0.05, 0) is 43.0 Å². The van der Waals surface area contributed by atoms with Crippen LogP contribution < -0.4 is 10.1 Å². The van der Waals surface area contributed by atoms with Crippen LogP contribution >= 0.6 is 0 Å². The van der Waals surface area contributed by atoms with Crippen molar-refractivity contribution in [2.45, 2.75) is 39.0 Å². The first-order valence-corrected chi connectivity index (χ1v) is 8.30. The maximum Gasteiger partial charge on any atom is 0.308 e. The Labute approximate surface area is 137 Å². The standard InChI is InChI=1S/C18H25NO4/c1-13(18(21)22)11-19-17(20)15-7-9-16(10-8-15)23-12-14-5-3-2-4-6-14/h7-10,13-14H,2-6,11-12H2,1H3,(H,19,20)(H,21,22). The number of carboxylic acid groups (broad SMARTS) is 1. The Hall–Kier alpha value is -2.04. The summed E-state index contributed by atoms with van der Waals surface area (Å²) in [4.78, 5) is 22.7. The lowest BCUT2D eigenvalue weighted by molar-refractivity contribution is -0.140. The molecule has 1 amide bonds. The lowest BCUT2D eigenvalue weighted by Gasteiger charge is -2.21. The van der Waals surface area contributed by atoms with E-state index in [0.717, 1.165) is 12.4 Å². The zero-order valence-corrected chi connectivity index (χ0v) is 13.6. The Morgan fingerprint density at radius 1 is 1.22 bits per heavy atom. The fourth-order valence-corrected chi connectivity index (χ4v) is 2.71. The number of rotatable bonds is 7. The second-order valence-corrected chi connectivity index (χ2v) is 6.29. The average Bonchev–Trinajstić information content (AvgIpc) is 2.58. The van der Waals surface area contributed by atoms with Gasteiger partial charge in [0.25, 0.3) is 5.91 Å². The maximum atomic E-state index is 11.9. The highest BCUT2D eigenvalue weighted by atomic mass is 16.5. The number of carbonyl (C=O) groups is 2. The number of nitrogens with one attached hydrogen (secondary N) is 1. The van der Waals surface area contributed by atoms with Gasteiger partial charge in [-0.3, -0.25) is 9.59 Å². The number of hydrogen-bond donors (Lipinski definition) is 2. The number of benzene rings is 1. The first kappa shape index (κ1) is 17.3. The molecule has 23 heavy (non-hydrogen) atoms. The van der Waals surface area contributed by atoms with Crippen molar-refractivity contribution < 1.29 is 19.4 Å². The van der Waals surface area contributed by atoms with Crippen molar-refractivity contribution in [3.8, 4) is 5.75 Å². The molecular formula is C18H25NO4. The number of hydrogen-bond acceptors (Lipinski definition) is 3. The summed E-state index contributed by atoms with van der Waals surface area (Å²) in [7, 11) is 0. The highest BCUT2D eigenvalue weighted by Gasteiger charge is 2.15. The lowest BCUT2D eigenvalue weighted by atomic mass is 9.90. The normalized spacial score (nSPS) is 16.6. The Morgan fingerprint density at radius 3 is 2.48 bits per heavy atom. The summed E-state index contributed by atoms with van der Waals surface area (Å²) in [5.41, 5.74) is 0.507. The van der Waals surface area contributed by atoms with E-state index < -0.39 is 11.9 Å². The molecule has 1 fully saturated rings. The van der Waals surface area contributed by atoms with Gasteiger partial charge in [0.15, 0.2) is 0 Å². The van der Waals surface area contributed by atoms with Crippen LogP contribution in [0.15, 0.2) is 24.3 Å². The molecule has 5 heteroatoms. The second-order valence-electron chi connectivity index (χ2n) is 6.29. The summed E-state index contributed by atoms with van der Waals surface area (Å²) in [5, 5.41) is 11.4. The lowest BCUT2D eigenvalue weighted by Crippen LogP contribution is -2.31. The minimum Gasteiger partial charge on any atom is -0.493 e. The van der Waals surface area contributed by atoms with Gasteiger partial charge in [0.05, 0.1) is 12.5 Å². The minimum absolute atomic E-state index is 0.119. The molecule has 1 aromatic rings. The number of aliphatic carboxylic acids is 1. The fourth-order valence-electron chi connectivity index (χ4n) is 2.71. The first-order valence-electron chi connectivity index (χ1n) is 8.30. The molecule has 0 bridgehead atoms. The molecule has 1 saturated carbocycles. The molecule has 1 aliphatic rings. The van der Waals surface area contributed by atoms with Crippen LogP contribution in [0.1, 0.15) is 49.4 Å². The van der Waals surface area contributed by atoms with E-state index in [2.05, 4.69) is 5.32 Å². The van der Waals surface area contributed by atoms with Crippen molar-refractivity contribution in [1.29, 1.82) is 0 Å². The van der Waals surface area contributed by atoms with Gasteiger partial charge in [-0.25, -0.2) is 0 Å². The second kappa shape index (κ2) is 8.56. The molecule has 2 N–H and O–H groups in total. The number of carbonyl (C=O) groups excluding carboxylic acids is 1. The summed E-state index contributed by atoms with van der Waals surface area (Å²) in [6, 6.07) is 6.99. The zero-order chi connectivity index (χ0) is 16.7. The van der Waals surface area contributed by atoms with Gasteiger partial charge in [-0.2, -0.15) is 0 Å². The number of ether oxygens (including phenoxy) is 1. The molecule has 0 saturated heterocycles. The van der Waals surface area contributed by atoms with Crippen molar-refractivity contribution in [2.75, 3.05) is 13.2 Å². The number of carboxylic acids is 1. The van der Waals surface area contributed by atoms with Crippen LogP contribution in [0, 0.1) is 11.8 Å². The van der Waals surface area contributed by atoms with E-state index in [1.165, 1.54) is 32.1 Å². The van der Waals surface area contributed by atoms with Gasteiger partial charge in [0.1, 0.15) is 5.75 Å². The third kappa shape index (κ3) is 5.58. The highest BCUT2D eigenvalue weighted by molar-refractivity contribution is 5.94. The summed E-state index contributed by atoms with van der Waals surface area (Å²) in [6.45, 7) is 2.42. The SMILES string of the molecule is CC(CNC(=O)c1ccc(OCC2CCCCC2)cc1)C(=O)O. The van der Waals surface area contributed by atoms with E-state index in [4.69, 9.17) is 9.84 Å². The van der Waals surface area contributed by atoms with Gasteiger partial charge >= 0.3 is 5.97 Å². The summed E-state index contributed by atoms with van der Waals surface area (Å²) in [5.74, 6) is -0.374. The molecule has 0 radical (unpaired) electrons. The van der Waals surface area contributed by atoms with Crippen LogP contribution in [0.3, 0.4) is 0 Å². The molecule has 1 atom stereocenters. The van der Waals surface area contributed by atoms with Gasteiger partial charge in [-0.15, -0.1) is 0 Å². The predicted octanol–water partition coefficient (Wildman–Crippen LogP) is 3.10. The molecular weight excluding hydrogens is 294 g/mol. The van der Waals surface area contributed by atoms with Gasteiger partial charge in [0, 0.05) is 12.1 Å². The molecule has 5 nitrogen and oxygen atoms in total. The average molecular weight is 319 g/mol. The zero-order valence-electron chi connectivity index (χ0n) is 13.6. The van der Waals surface area contributed by atoms with Crippen LogP contribution in [0.25, 0.3) is 0 Å². The highest BCUT2D eigenvalue weighted by Crippen LogP contribution is 2.24. The summed E-state index contributed by atoms with van der Waals surface area (Å²) in [6.07, 6.45) is 6.40. The Bertz CT molecular complexity index is 520. The van der Waals surface area contributed by atoms with Crippen molar-refractivity contribution in [3.63, 3.8) is 0 Å². The van der Waals surface area contributed by atoms with Crippen LogP contribution in [-0.2, 0) is 4.79 Å². The minimum atomic E-state index is -0.920. The van der Waals surface area contributed by atoms with Gasteiger partial charge < -0.3 is 15.2 Å². The van der Waals surface area contributed by atoms with E-state index in [1.54, 1.807) is 31.2 Å². The molecule has 0 heterocycles. The molecule has 1 aromatic carbocycles. The van der Waals surface area contributed by atoms with Crippen LogP contribution in [-0.4, -0.2) is 30.1 Å². The largest absolute Gasteiger partial charge is 0.493 e. The van der Waals surface area contributed by atoms with E-state index in [-0.39, 0.29) is 12.5 Å². The third-order valence-corrected chi connectivity index (χ3v) is 4.32. The first-order chi connectivity index (χ1) is 11.1. The van der Waals surface area contributed by atoms with Crippen molar-refractivity contribution >= 4 is 11.9 Å². The smallest absolute Gasteiger partial charge is 0.308 e. The predicted molar refractivity (Wildman–Crippen MR) is 87.6 cm³/mol. The third-order valence-electron chi connectivity index (χ3n) is 4.32. The molecule has 1 unspecified atom stereocenters. The quantitative estimate of drug-likeness (QED) is 0.810. The molecule has 0 spiro atoms. The molecule has 2 rings (SSSR count). The van der Waals surface area contributed by atoms with Crippen molar-refractivity contribution in [2.24, 2.45) is 11.8 Å². The van der Waals surface area contributed by atoms with Gasteiger partial charge in [0.2, 0.25) is 0 Å². The molecule has 1 aliphatic carbocycles. The monoisotopic (exact) mass is 319 g/mol. The summed E-state index contributed by atoms with van der Waals surface area (Å²) < 4.78 is 5.80. The van der Waals surface area contributed by atoms with E-state index in [0.29, 0.717) is 11.5 Å². The Morgan fingerprint density at radius 2 is 1.87 bits per heavy atom. The van der Waals surface area contributed by atoms with E-state index in [9.17, 15) is 9.59 Å². The van der Waals surface area contributed by atoms with E-state index >= 15 is 0 Å². The van der Waals surface area contributed by atoms with Gasteiger partial charge in [-0.1, -0.05) is 26.2 Å².